The molecule has 2 amide bonds. The number of nitrogens with one attached hydrogen (secondary N) is 2. The van der Waals surface area contributed by atoms with Crippen molar-refractivity contribution < 1.29 is 43.6 Å². The molecule has 1 unspecified atom stereocenters. The molecule has 1 aromatic carbocycles. The summed E-state index contributed by atoms with van der Waals surface area (Å²) in [5.74, 6) is -4.08. The molecule has 0 spiro atoms. The van der Waals surface area contributed by atoms with E-state index in [1.807, 2.05) is 0 Å². The predicted octanol–water partition coefficient (Wildman–Crippen LogP) is -0.546. The Morgan fingerprint density at radius 2 is 2.08 bits per heavy atom. The molecule has 1 saturated heterocycles. The fourth-order valence-corrected chi connectivity index (χ4v) is 4.94. The normalized spacial score (nSPS) is 21.9. The van der Waals surface area contributed by atoms with Crippen LogP contribution in [-0.2, 0) is 23.9 Å². The van der Waals surface area contributed by atoms with Crippen LogP contribution >= 0.6 is 11.8 Å². The average molecular weight is 520 g/mol. The molecule has 36 heavy (non-hydrogen) atoms. The van der Waals surface area contributed by atoms with Gasteiger partial charge in [-0.15, -0.1) is 5.10 Å². The summed E-state index contributed by atoms with van der Waals surface area (Å²) in [6.07, 6.45) is -1.83. The maximum Gasteiger partial charge on any atom is 0.352 e. The molecule has 3 atom stereocenters. The molecule has 2 aliphatic heterocycles. The Morgan fingerprint density at radius 1 is 1.33 bits per heavy atom. The van der Waals surface area contributed by atoms with Gasteiger partial charge in [0, 0.05) is 17.9 Å². The second-order valence-electron chi connectivity index (χ2n) is 7.52. The first-order valence-corrected chi connectivity index (χ1v) is 11.2. The van der Waals surface area contributed by atoms with E-state index in [2.05, 4.69) is 25.9 Å². The number of aliphatic carboxylic acids is 2. The zero-order chi connectivity index (χ0) is 26.0. The summed E-state index contributed by atoms with van der Waals surface area (Å²) in [4.78, 5) is 50.9. The number of rotatable bonds is 10. The molecule has 0 radical (unpaired) electrons. The minimum absolute atomic E-state index is 0.0247. The number of carboxylic acids is 2. The third-order valence-corrected chi connectivity index (χ3v) is 6.70. The van der Waals surface area contributed by atoms with Crippen LogP contribution in [0.1, 0.15) is 16.8 Å². The summed E-state index contributed by atoms with van der Waals surface area (Å²) in [5, 5.41) is 34.0. The van der Waals surface area contributed by atoms with Crippen LogP contribution in [-0.4, -0.2) is 97.5 Å². The van der Waals surface area contributed by atoms with Crippen molar-refractivity contribution in [2.75, 3.05) is 20.8 Å². The number of hydrogen-bond acceptors (Lipinski definition) is 11. The Morgan fingerprint density at radius 3 is 2.69 bits per heavy atom. The van der Waals surface area contributed by atoms with Gasteiger partial charge in [-0.25, -0.2) is 9.89 Å². The molecule has 0 saturated carbocycles. The molecular formula is C20H20N6O9S. The van der Waals surface area contributed by atoms with E-state index >= 15 is 0 Å². The molecule has 1 fully saturated rings. The van der Waals surface area contributed by atoms with Crippen molar-refractivity contribution in [1.29, 1.82) is 0 Å². The minimum Gasteiger partial charge on any atom is -0.496 e. The number of hydrogen-bond donors (Lipinski definition) is 4. The molecule has 1 aromatic heterocycles. The first-order chi connectivity index (χ1) is 17.2. The highest BCUT2D eigenvalue weighted by molar-refractivity contribution is 8.00. The smallest absolute Gasteiger partial charge is 0.352 e. The van der Waals surface area contributed by atoms with Gasteiger partial charge in [-0.05, 0) is 22.6 Å². The number of β-lactam (4-membered cyclic amide) rings is 1. The Labute approximate surface area is 206 Å². The average Bonchev–Trinajstić information content (AvgIpc) is 3.38. The monoisotopic (exact) mass is 520 g/mol. The molecule has 0 aliphatic carbocycles. The number of amides is 2. The quantitative estimate of drug-likeness (QED) is 0.176. The lowest BCUT2D eigenvalue weighted by Gasteiger charge is -2.55. The van der Waals surface area contributed by atoms with Crippen LogP contribution in [0, 0.1) is 0 Å². The zero-order valence-corrected chi connectivity index (χ0v) is 19.6. The van der Waals surface area contributed by atoms with E-state index in [0.29, 0.717) is 0 Å². The second-order valence-corrected chi connectivity index (χ2v) is 8.71. The van der Waals surface area contributed by atoms with E-state index in [9.17, 15) is 29.4 Å². The number of aromatic amines is 1. The summed E-state index contributed by atoms with van der Waals surface area (Å²) >= 11 is 0.871. The van der Waals surface area contributed by atoms with Gasteiger partial charge in [0.2, 0.25) is 5.16 Å². The SMILES string of the molecule is COc1ccccc1C(=O)N[C@]1(OC)C(=O)N2C(C(=O)O)=C(C(CC(=O)O)Sc3nnn[nH]3)CO[C@@H]21. The van der Waals surface area contributed by atoms with Gasteiger partial charge in [0.15, 0.2) is 6.23 Å². The van der Waals surface area contributed by atoms with Crippen LogP contribution in [0.25, 0.3) is 0 Å². The second kappa shape index (κ2) is 9.92. The molecular weight excluding hydrogens is 500 g/mol. The number of fused-ring (bicyclic) bond motifs is 1. The van der Waals surface area contributed by atoms with Crippen molar-refractivity contribution in [3.63, 3.8) is 0 Å². The first-order valence-electron chi connectivity index (χ1n) is 10.3. The van der Waals surface area contributed by atoms with Crippen LogP contribution < -0.4 is 10.1 Å². The van der Waals surface area contributed by atoms with E-state index in [4.69, 9.17) is 14.2 Å². The highest BCUT2D eigenvalue weighted by Crippen LogP contribution is 2.43. The third-order valence-electron chi connectivity index (χ3n) is 5.56. The number of para-hydroxylation sites is 1. The van der Waals surface area contributed by atoms with Crippen molar-refractivity contribution >= 4 is 35.5 Å². The third kappa shape index (κ3) is 4.25. The van der Waals surface area contributed by atoms with Gasteiger partial charge >= 0.3 is 11.9 Å². The number of benzene rings is 1. The molecule has 3 heterocycles. The van der Waals surface area contributed by atoms with E-state index in [-0.39, 0.29) is 28.6 Å². The molecule has 190 valence electrons. The van der Waals surface area contributed by atoms with Crippen LogP contribution in [0.4, 0.5) is 0 Å². The summed E-state index contributed by atoms with van der Waals surface area (Å²) in [6.45, 7) is -0.363. The maximum atomic E-state index is 13.3. The minimum atomic E-state index is -2.02. The number of carbonyl (C=O) groups excluding carboxylic acids is 2. The van der Waals surface area contributed by atoms with Gasteiger partial charge in [-0.2, -0.15) is 0 Å². The Hall–Kier alpha value is -4.02. The van der Waals surface area contributed by atoms with Gasteiger partial charge in [0.1, 0.15) is 11.4 Å². The Balaban J connectivity index is 1.67. The van der Waals surface area contributed by atoms with Crippen LogP contribution in [0.2, 0.25) is 0 Å². The van der Waals surface area contributed by atoms with Gasteiger partial charge in [0.25, 0.3) is 17.5 Å². The van der Waals surface area contributed by atoms with Crippen molar-refractivity contribution in [1.82, 2.24) is 30.8 Å². The Bertz CT molecular complexity index is 1240. The molecule has 0 bridgehead atoms. The van der Waals surface area contributed by atoms with Crippen LogP contribution in [0.5, 0.6) is 5.75 Å². The fraction of sp³-hybridized carbons (Fsp3) is 0.350. The molecule has 4 rings (SSSR count). The lowest BCUT2D eigenvalue weighted by Crippen LogP contribution is -2.82. The summed E-state index contributed by atoms with van der Waals surface area (Å²) < 4.78 is 16.3. The van der Waals surface area contributed by atoms with Crippen LogP contribution in [0.15, 0.2) is 40.7 Å². The molecule has 15 nitrogen and oxygen atoms in total. The van der Waals surface area contributed by atoms with Gasteiger partial charge in [0.05, 0.1) is 25.7 Å². The highest BCUT2D eigenvalue weighted by atomic mass is 32.2. The first kappa shape index (κ1) is 25.1. The predicted molar refractivity (Wildman–Crippen MR) is 118 cm³/mol. The van der Waals surface area contributed by atoms with E-state index in [1.54, 1.807) is 18.2 Å². The number of carbonyl (C=O) groups is 4. The molecule has 16 heteroatoms. The van der Waals surface area contributed by atoms with Crippen molar-refractivity contribution in [2.24, 2.45) is 0 Å². The van der Waals surface area contributed by atoms with Crippen molar-refractivity contribution in [3.05, 3.63) is 41.1 Å². The topological polar surface area (TPSA) is 206 Å². The largest absolute Gasteiger partial charge is 0.496 e. The van der Waals surface area contributed by atoms with E-state index < -0.39 is 53.1 Å². The Kier molecular flexibility index (Phi) is 6.91. The van der Waals surface area contributed by atoms with Crippen LogP contribution in [0.3, 0.4) is 0 Å². The number of aromatic nitrogens is 4. The zero-order valence-electron chi connectivity index (χ0n) is 18.8. The number of tetrazole rings is 1. The number of nitrogens with zero attached hydrogens (tertiary/aromatic N) is 4. The summed E-state index contributed by atoms with van der Waals surface area (Å²) in [6, 6.07) is 6.30. The van der Waals surface area contributed by atoms with Gasteiger partial charge < -0.3 is 29.7 Å². The van der Waals surface area contributed by atoms with Gasteiger partial charge in [-0.1, -0.05) is 23.9 Å². The summed E-state index contributed by atoms with van der Waals surface area (Å²) in [5.41, 5.74) is -2.35. The fourth-order valence-electron chi connectivity index (χ4n) is 3.95. The number of thioether (sulfide) groups is 1. The molecule has 2 aliphatic rings. The summed E-state index contributed by atoms with van der Waals surface area (Å²) in [7, 11) is 2.55. The number of carboxylic acid groups (broad SMARTS) is 2. The number of methoxy groups -OCH3 is 2. The number of H-pyrrole nitrogens is 1. The van der Waals surface area contributed by atoms with Gasteiger partial charge in [-0.3, -0.25) is 19.3 Å². The molecule has 2 aromatic rings. The van der Waals surface area contributed by atoms with Crippen molar-refractivity contribution in [2.45, 2.75) is 28.8 Å². The standard InChI is InChI=1S/C20H20N6O9S/c1-33-11-6-4-3-5-9(11)15(29)21-20(34-2)17(32)26-14(16(30)31)10(8-35-18(20)26)12(7-13(27)28)36-19-22-24-25-23-19/h3-6,12,18H,7-8H2,1-2H3,(H,21,29)(H,27,28)(H,30,31)(H,22,23,24,25)/t12?,18-,20+/m1/s1. The van der Waals surface area contributed by atoms with Crippen molar-refractivity contribution in [3.8, 4) is 5.75 Å². The van der Waals surface area contributed by atoms with E-state index in [1.165, 1.54) is 20.3 Å². The number of ether oxygens (including phenoxy) is 3. The van der Waals surface area contributed by atoms with E-state index in [0.717, 1.165) is 16.7 Å². The highest BCUT2D eigenvalue weighted by Gasteiger charge is 2.68. The molecule has 4 N–H and O–H groups in total. The lowest BCUT2D eigenvalue weighted by atomic mass is 9.92. The maximum absolute atomic E-state index is 13.3. The lowest BCUT2D eigenvalue weighted by molar-refractivity contribution is -0.255.